The van der Waals surface area contributed by atoms with Crippen molar-refractivity contribution < 1.29 is 0 Å². The number of nitrogens with one attached hydrogen (secondary N) is 1. The van der Waals surface area contributed by atoms with Crippen molar-refractivity contribution in [3.05, 3.63) is 21.3 Å². The summed E-state index contributed by atoms with van der Waals surface area (Å²) in [5, 5.41) is 3.57. The smallest absolute Gasteiger partial charge is 0.0931 e. The molecule has 3 heteroatoms. The van der Waals surface area contributed by atoms with Gasteiger partial charge in [-0.1, -0.05) is 39.3 Å². The van der Waals surface area contributed by atoms with Crippen LogP contribution in [0.2, 0.25) is 4.34 Å². The highest BCUT2D eigenvalue weighted by molar-refractivity contribution is 7.16. The fraction of sp³-hybridized carbons (Fsp3) is 0.714. The molecular weight excluding hydrogens is 250 g/mol. The Bertz CT molecular complexity index is 322. The van der Waals surface area contributed by atoms with Gasteiger partial charge < -0.3 is 5.32 Å². The monoisotopic (exact) mass is 273 g/mol. The molecule has 1 heterocycles. The first-order valence-corrected chi connectivity index (χ1v) is 7.71. The van der Waals surface area contributed by atoms with Crippen molar-refractivity contribution >= 4 is 22.9 Å². The quantitative estimate of drug-likeness (QED) is 0.727. The third kappa shape index (κ3) is 5.41. The molecule has 0 aliphatic carbocycles. The Balaban J connectivity index is 2.60. The molecule has 2 atom stereocenters. The Morgan fingerprint density at radius 3 is 2.41 bits per heavy atom. The molecule has 0 spiro atoms. The van der Waals surface area contributed by atoms with Gasteiger partial charge in [0.25, 0.3) is 0 Å². The van der Waals surface area contributed by atoms with Gasteiger partial charge in [-0.25, -0.2) is 0 Å². The van der Waals surface area contributed by atoms with Gasteiger partial charge in [-0.2, -0.15) is 0 Å². The van der Waals surface area contributed by atoms with Crippen LogP contribution in [0.5, 0.6) is 0 Å². The highest BCUT2D eigenvalue weighted by atomic mass is 35.5. The van der Waals surface area contributed by atoms with Crippen LogP contribution in [-0.4, -0.2) is 6.54 Å². The molecule has 0 fully saturated rings. The van der Waals surface area contributed by atoms with E-state index >= 15 is 0 Å². The van der Waals surface area contributed by atoms with Crippen LogP contribution in [0.3, 0.4) is 0 Å². The largest absolute Gasteiger partial charge is 0.310 e. The maximum absolute atomic E-state index is 6.02. The molecule has 0 saturated heterocycles. The Morgan fingerprint density at radius 1 is 1.24 bits per heavy atom. The summed E-state index contributed by atoms with van der Waals surface area (Å²) < 4.78 is 0.888. The van der Waals surface area contributed by atoms with E-state index < -0.39 is 0 Å². The lowest BCUT2D eigenvalue weighted by molar-refractivity contribution is 0.362. The minimum absolute atomic E-state index is 0.464. The van der Waals surface area contributed by atoms with Gasteiger partial charge in [0.05, 0.1) is 4.34 Å². The van der Waals surface area contributed by atoms with Crippen molar-refractivity contribution in [3.8, 4) is 0 Å². The summed E-state index contributed by atoms with van der Waals surface area (Å²) in [6.45, 7) is 10.1. The summed E-state index contributed by atoms with van der Waals surface area (Å²) in [6.07, 6.45) is 2.49. The van der Waals surface area contributed by atoms with Crippen molar-refractivity contribution in [2.45, 2.75) is 46.6 Å². The summed E-state index contributed by atoms with van der Waals surface area (Å²) in [6, 6.07) is 4.62. The van der Waals surface area contributed by atoms with E-state index in [4.69, 9.17) is 11.6 Å². The number of halogens is 1. The lowest BCUT2D eigenvalue weighted by Gasteiger charge is -2.22. The molecule has 1 N–H and O–H groups in total. The maximum atomic E-state index is 6.02. The predicted octanol–water partition coefficient (Wildman–Crippen LogP) is 5.12. The fourth-order valence-electron chi connectivity index (χ4n) is 2.37. The second-order valence-corrected chi connectivity index (χ2v) is 6.97. The SMILES string of the molecule is CCNC(CC(C)CC(C)C)c1ccc(Cl)s1. The van der Waals surface area contributed by atoms with Gasteiger partial charge in [0.15, 0.2) is 0 Å². The zero-order valence-electron chi connectivity index (χ0n) is 11.3. The topological polar surface area (TPSA) is 12.0 Å². The molecule has 1 nitrogen and oxygen atoms in total. The van der Waals surface area contributed by atoms with Crippen LogP contribution < -0.4 is 5.32 Å². The lowest BCUT2D eigenvalue weighted by Crippen LogP contribution is -2.22. The molecule has 98 valence electrons. The molecule has 0 radical (unpaired) electrons. The minimum Gasteiger partial charge on any atom is -0.310 e. The predicted molar refractivity (Wildman–Crippen MR) is 79.0 cm³/mol. The van der Waals surface area contributed by atoms with Crippen LogP contribution in [0.25, 0.3) is 0 Å². The Kier molecular flexibility index (Phi) is 6.53. The van der Waals surface area contributed by atoms with Gasteiger partial charge in [0, 0.05) is 10.9 Å². The van der Waals surface area contributed by atoms with Gasteiger partial charge in [-0.3, -0.25) is 0 Å². The number of rotatable bonds is 7. The zero-order valence-corrected chi connectivity index (χ0v) is 12.9. The molecule has 17 heavy (non-hydrogen) atoms. The maximum Gasteiger partial charge on any atom is 0.0931 e. The van der Waals surface area contributed by atoms with Crippen molar-refractivity contribution in [2.75, 3.05) is 6.54 Å². The molecule has 1 aromatic rings. The van der Waals surface area contributed by atoms with Crippen LogP contribution >= 0.6 is 22.9 Å². The normalized spacial score (nSPS) is 15.2. The average Bonchev–Trinajstić information content (AvgIpc) is 2.63. The first-order chi connectivity index (χ1) is 8.02. The minimum atomic E-state index is 0.464. The summed E-state index contributed by atoms with van der Waals surface area (Å²) in [5.41, 5.74) is 0. The molecular formula is C14H24ClNS. The number of thiophene rings is 1. The van der Waals surface area contributed by atoms with Crippen LogP contribution in [0, 0.1) is 11.8 Å². The van der Waals surface area contributed by atoms with Crippen molar-refractivity contribution in [1.29, 1.82) is 0 Å². The Hall–Kier alpha value is -0.0500. The molecule has 0 saturated carbocycles. The van der Waals surface area contributed by atoms with Gasteiger partial charge in [0.2, 0.25) is 0 Å². The third-order valence-electron chi connectivity index (χ3n) is 2.90. The van der Waals surface area contributed by atoms with Crippen LogP contribution in [0.4, 0.5) is 0 Å². The van der Waals surface area contributed by atoms with E-state index in [9.17, 15) is 0 Å². The molecule has 0 amide bonds. The highest BCUT2D eigenvalue weighted by Gasteiger charge is 2.16. The molecule has 1 aromatic heterocycles. The Morgan fingerprint density at radius 2 is 1.94 bits per heavy atom. The van der Waals surface area contributed by atoms with E-state index in [2.05, 4.69) is 39.1 Å². The van der Waals surface area contributed by atoms with Crippen molar-refractivity contribution in [1.82, 2.24) is 5.32 Å². The summed E-state index contributed by atoms with van der Waals surface area (Å²) in [7, 11) is 0. The zero-order chi connectivity index (χ0) is 12.8. The van der Waals surface area contributed by atoms with E-state index in [1.165, 1.54) is 17.7 Å². The van der Waals surface area contributed by atoms with E-state index in [1.807, 2.05) is 6.07 Å². The summed E-state index contributed by atoms with van der Waals surface area (Å²) in [5.74, 6) is 1.53. The van der Waals surface area contributed by atoms with Gasteiger partial charge in [0.1, 0.15) is 0 Å². The van der Waals surface area contributed by atoms with E-state index in [-0.39, 0.29) is 0 Å². The van der Waals surface area contributed by atoms with Crippen molar-refractivity contribution in [2.24, 2.45) is 11.8 Å². The standard InChI is InChI=1S/C14H24ClNS/c1-5-16-12(9-11(4)8-10(2)3)13-6-7-14(15)17-13/h6-7,10-12,16H,5,8-9H2,1-4H3. The molecule has 0 bridgehead atoms. The molecule has 0 aliphatic heterocycles. The van der Waals surface area contributed by atoms with E-state index in [1.54, 1.807) is 11.3 Å². The van der Waals surface area contributed by atoms with E-state index in [0.29, 0.717) is 6.04 Å². The fourth-order valence-corrected chi connectivity index (χ4v) is 3.51. The van der Waals surface area contributed by atoms with Gasteiger partial charge in [-0.15, -0.1) is 11.3 Å². The van der Waals surface area contributed by atoms with Crippen LogP contribution in [0.1, 0.15) is 51.5 Å². The van der Waals surface area contributed by atoms with Crippen LogP contribution in [0.15, 0.2) is 12.1 Å². The first-order valence-electron chi connectivity index (χ1n) is 6.51. The number of hydrogen-bond acceptors (Lipinski definition) is 2. The number of hydrogen-bond donors (Lipinski definition) is 1. The molecule has 1 rings (SSSR count). The molecule has 0 aromatic carbocycles. The second-order valence-electron chi connectivity index (χ2n) is 5.22. The average molecular weight is 274 g/mol. The first kappa shape index (κ1) is 15.0. The van der Waals surface area contributed by atoms with E-state index in [0.717, 1.165) is 22.7 Å². The Labute approximate surface area is 115 Å². The molecule has 2 unspecified atom stereocenters. The molecule has 0 aliphatic rings. The van der Waals surface area contributed by atoms with Gasteiger partial charge in [-0.05, 0) is 43.4 Å². The van der Waals surface area contributed by atoms with Crippen molar-refractivity contribution in [3.63, 3.8) is 0 Å². The lowest BCUT2D eigenvalue weighted by atomic mass is 9.92. The second kappa shape index (κ2) is 7.40. The van der Waals surface area contributed by atoms with Gasteiger partial charge >= 0.3 is 0 Å². The third-order valence-corrected chi connectivity index (χ3v) is 4.24. The summed E-state index contributed by atoms with van der Waals surface area (Å²) >= 11 is 7.72. The highest BCUT2D eigenvalue weighted by Crippen LogP contribution is 2.31. The van der Waals surface area contributed by atoms with Crippen LogP contribution in [-0.2, 0) is 0 Å². The summed E-state index contributed by atoms with van der Waals surface area (Å²) in [4.78, 5) is 1.37.